The molecule has 0 saturated carbocycles. The highest BCUT2D eigenvalue weighted by molar-refractivity contribution is 7.07. The monoisotopic (exact) mass is 568 g/mol. The summed E-state index contributed by atoms with van der Waals surface area (Å²) < 4.78 is 24.0. The van der Waals surface area contributed by atoms with Gasteiger partial charge in [-0.1, -0.05) is 47.7 Å². The van der Waals surface area contributed by atoms with Crippen molar-refractivity contribution in [3.63, 3.8) is 0 Å². The van der Waals surface area contributed by atoms with E-state index in [9.17, 15) is 9.59 Å². The number of halogens is 1. The third-order valence-electron chi connectivity index (χ3n) is 5.92. The Morgan fingerprint density at radius 3 is 2.56 bits per heavy atom. The predicted molar refractivity (Wildman–Crippen MR) is 152 cm³/mol. The van der Waals surface area contributed by atoms with Crippen molar-refractivity contribution in [2.24, 2.45) is 4.99 Å². The molecule has 0 amide bonds. The molecule has 0 bridgehead atoms. The Bertz CT molecular complexity index is 1600. The molecule has 0 fully saturated rings. The van der Waals surface area contributed by atoms with Gasteiger partial charge in [-0.05, 0) is 62.2 Å². The zero-order valence-corrected chi connectivity index (χ0v) is 23.7. The summed E-state index contributed by atoms with van der Waals surface area (Å²) in [6, 6.07) is 10.0. The minimum absolute atomic E-state index is 0.200. The fraction of sp³-hybridized carbons (Fsp3) is 0.276. The van der Waals surface area contributed by atoms with E-state index in [4.69, 9.17) is 30.5 Å². The average molecular weight is 569 g/mol. The van der Waals surface area contributed by atoms with Crippen LogP contribution in [0.25, 0.3) is 6.08 Å². The zero-order valence-electron chi connectivity index (χ0n) is 22.2. The maximum absolute atomic E-state index is 13.8. The largest absolute Gasteiger partial charge is 0.494 e. The summed E-state index contributed by atoms with van der Waals surface area (Å²) >= 11 is 7.69. The van der Waals surface area contributed by atoms with Crippen LogP contribution in [-0.2, 0) is 9.53 Å². The number of rotatable bonds is 10. The number of hydrogen-bond acceptors (Lipinski definition) is 8. The summed E-state index contributed by atoms with van der Waals surface area (Å²) in [5, 5.41) is 0.336. The van der Waals surface area contributed by atoms with E-state index in [-0.39, 0.29) is 18.8 Å². The second-order valence-corrected chi connectivity index (χ2v) is 9.85. The van der Waals surface area contributed by atoms with Gasteiger partial charge in [0.25, 0.3) is 5.56 Å². The molecule has 8 nitrogen and oxygen atoms in total. The van der Waals surface area contributed by atoms with E-state index < -0.39 is 12.0 Å². The van der Waals surface area contributed by atoms with Crippen molar-refractivity contribution in [3.05, 3.63) is 96.2 Å². The van der Waals surface area contributed by atoms with Crippen molar-refractivity contribution >= 4 is 35.0 Å². The van der Waals surface area contributed by atoms with Crippen molar-refractivity contribution in [1.82, 2.24) is 4.57 Å². The number of thiazole rings is 1. The van der Waals surface area contributed by atoms with Crippen molar-refractivity contribution in [2.45, 2.75) is 26.8 Å². The topological polar surface area (TPSA) is 88.4 Å². The quantitative estimate of drug-likeness (QED) is 0.266. The predicted octanol–water partition coefficient (Wildman–Crippen LogP) is 4.42. The molecule has 0 N–H and O–H groups in total. The fourth-order valence-electron chi connectivity index (χ4n) is 4.28. The number of fused-ring (bicyclic) bond motifs is 1. The van der Waals surface area contributed by atoms with Crippen LogP contribution < -0.4 is 29.1 Å². The highest BCUT2D eigenvalue weighted by Gasteiger charge is 2.33. The molecule has 0 spiro atoms. The molecule has 1 aliphatic rings. The van der Waals surface area contributed by atoms with Gasteiger partial charge in [0.05, 0.1) is 47.2 Å². The van der Waals surface area contributed by atoms with Crippen LogP contribution in [0.5, 0.6) is 17.2 Å². The lowest BCUT2D eigenvalue weighted by Crippen LogP contribution is -2.39. The van der Waals surface area contributed by atoms with E-state index in [1.165, 1.54) is 23.0 Å². The Kier molecular flexibility index (Phi) is 8.93. The molecule has 0 radical (unpaired) electrons. The van der Waals surface area contributed by atoms with Crippen LogP contribution in [0.3, 0.4) is 0 Å². The Morgan fingerprint density at radius 1 is 1.18 bits per heavy atom. The molecule has 2 heterocycles. The standard InChI is InChI=1S/C29H29ClN2O6S/c1-6-13-38-26-21(30)14-18(15-22(26)35-5)16-23-27(33)32-25(19-9-11-20(12-10-19)36-7-2)24(28(34)37-8-3)17(4)31-29(32)39-23/h6,9-12,14-16,25H,1,7-8,13H2,2-5H3/b23-16+/t25-/m1/s1. The van der Waals surface area contributed by atoms with Crippen LogP contribution >= 0.6 is 22.9 Å². The number of benzene rings is 2. The molecule has 3 aromatic rings. The Balaban J connectivity index is 1.88. The molecule has 1 aliphatic heterocycles. The third kappa shape index (κ3) is 5.79. The molecule has 10 heteroatoms. The van der Waals surface area contributed by atoms with Gasteiger partial charge in [0.1, 0.15) is 12.4 Å². The maximum atomic E-state index is 13.8. The van der Waals surface area contributed by atoms with Gasteiger partial charge >= 0.3 is 5.97 Å². The van der Waals surface area contributed by atoms with Crippen LogP contribution in [0.1, 0.15) is 37.9 Å². The van der Waals surface area contributed by atoms with Gasteiger partial charge in [-0.25, -0.2) is 9.79 Å². The fourth-order valence-corrected chi connectivity index (χ4v) is 5.60. The molecule has 1 aromatic heterocycles. The van der Waals surface area contributed by atoms with Crippen molar-refractivity contribution in [3.8, 4) is 17.2 Å². The molecule has 1 atom stereocenters. The molecule has 39 heavy (non-hydrogen) atoms. The second kappa shape index (κ2) is 12.4. The Labute approximate surface area is 235 Å². The van der Waals surface area contributed by atoms with E-state index in [2.05, 4.69) is 11.6 Å². The lowest BCUT2D eigenvalue weighted by Gasteiger charge is -2.24. The second-order valence-electron chi connectivity index (χ2n) is 8.44. The molecular formula is C29H29ClN2O6S. The van der Waals surface area contributed by atoms with Gasteiger partial charge in [0.2, 0.25) is 0 Å². The molecule has 0 aliphatic carbocycles. The first-order valence-electron chi connectivity index (χ1n) is 12.4. The summed E-state index contributed by atoms with van der Waals surface area (Å²) in [5.41, 5.74) is 1.89. The van der Waals surface area contributed by atoms with Crippen molar-refractivity contribution in [2.75, 3.05) is 26.9 Å². The smallest absolute Gasteiger partial charge is 0.338 e. The summed E-state index contributed by atoms with van der Waals surface area (Å²) in [6.07, 6.45) is 3.33. The van der Waals surface area contributed by atoms with Gasteiger partial charge in [-0.3, -0.25) is 9.36 Å². The maximum Gasteiger partial charge on any atom is 0.338 e. The first-order chi connectivity index (χ1) is 18.8. The zero-order chi connectivity index (χ0) is 28.1. The van der Waals surface area contributed by atoms with E-state index >= 15 is 0 Å². The van der Waals surface area contributed by atoms with Crippen LogP contribution in [0, 0.1) is 0 Å². The van der Waals surface area contributed by atoms with Gasteiger partial charge in [0, 0.05) is 0 Å². The normalized spacial score (nSPS) is 14.9. The Hall–Kier alpha value is -3.82. The number of methoxy groups -OCH3 is 1. The Morgan fingerprint density at radius 2 is 1.92 bits per heavy atom. The van der Waals surface area contributed by atoms with Gasteiger partial charge < -0.3 is 18.9 Å². The molecule has 0 saturated heterocycles. The van der Waals surface area contributed by atoms with E-state index in [1.807, 2.05) is 31.2 Å². The third-order valence-corrected chi connectivity index (χ3v) is 7.18. The lowest BCUT2D eigenvalue weighted by molar-refractivity contribution is -0.139. The van der Waals surface area contributed by atoms with Gasteiger partial charge in [0.15, 0.2) is 16.3 Å². The van der Waals surface area contributed by atoms with Gasteiger partial charge in [-0.2, -0.15) is 0 Å². The summed E-state index contributed by atoms with van der Waals surface area (Å²) in [7, 11) is 1.51. The molecule has 4 rings (SSSR count). The first kappa shape index (κ1) is 28.2. The molecule has 204 valence electrons. The van der Waals surface area contributed by atoms with Crippen molar-refractivity contribution < 1.29 is 23.7 Å². The highest BCUT2D eigenvalue weighted by atomic mass is 35.5. The lowest BCUT2D eigenvalue weighted by atomic mass is 9.96. The number of hydrogen-bond donors (Lipinski definition) is 0. The first-order valence-corrected chi connectivity index (χ1v) is 13.6. The highest BCUT2D eigenvalue weighted by Crippen LogP contribution is 2.37. The van der Waals surface area contributed by atoms with Crippen LogP contribution in [0.15, 0.2) is 70.1 Å². The minimum atomic E-state index is -0.717. The number of nitrogens with zero attached hydrogens (tertiary/aromatic N) is 2. The molecule has 0 unspecified atom stereocenters. The van der Waals surface area contributed by atoms with E-state index in [0.717, 1.165) is 5.56 Å². The van der Waals surface area contributed by atoms with Gasteiger partial charge in [-0.15, -0.1) is 0 Å². The summed E-state index contributed by atoms with van der Waals surface area (Å²) in [6.45, 7) is 10.0. The number of esters is 1. The van der Waals surface area contributed by atoms with Crippen LogP contribution in [0.4, 0.5) is 0 Å². The SMILES string of the molecule is C=CCOc1c(Cl)cc(/C=c2/sc3n(c2=O)[C@H](c2ccc(OCC)cc2)C(C(=O)OCC)=C(C)N=3)cc1OC. The van der Waals surface area contributed by atoms with Crippen LogP contribution in [0.2, 0.25) is 5.02 Å². The van der Waals surface area contributed by atoms with Crippen LogP contribution in [-0.4, -0.2) is 37.5 Å². The van der Waals surface area contributed by atoms with Crippen molar-refractivity contribution in [1.29, 1.82) is 0 Å². The van der Waals surface area contributed by atoms with E-state index in [1.54, 1.807) is 38.1 Å². The molecule has 2 aromatic carbocycles. The minimum Gasteiger partial charge on any atom is -0.494 e. The number of carbonyl (C=O) groups is 1. The average Bonchev–Trinajstić information content (AvgIpc) is 3.21. The number of carbonyl (C=O) groups excluding carboxylic acids is 1. The number of aromatic nitrogens is 1. The van der Waals surface area contributed by atoms with E-state index in [0.29, 0.717) is 55.0 Å². The molecular weight excluding hydrogens is 540 g/mol. The number of ether oxygens (including phenoxy) is 4. The summed E-state index contributed by atoms with van der Waals surface area (Å²) in [4.78, 5) is 32.0. The summed E-state index contributed by atoms with van der Waals surface area (Å²) in [5.74, 6) is 0.996. The number of allylic oxidation sites excluding steroid dienone is 1.